The average molecular weight is 996 g/mol. The lowest BCUT2D eigenvalue weighted by atomic mass is 9.76. The number of aryl methyl sites for hydroxylation is 2. The minimum atomic E-state index is 0.271. The van der Waals surface area contributed by atoms with E-state index in [4.69, 9.17) is 9.47 Å². The van der Waals surface area contributed by atoms with Crippen LogP contribution in [0.2, 0.25) is 0 Å². The molecule has 0 radical (unpaired) electrons. The van der Waals surface area contributed by atoms with Crippen molar-refractivity contribution in [2.75, 3.05) is 14.2 Å². The molecule has 4 nitrogen and oxygen atoms in total. The first-order valence-corrected chi connectivity index (χ1v) is 23.8. The van der Waals surface area contributed by atoms with Gasteiger partial charge in [0.25, 0.3) is 0 Å². The maximum Gasteiger partial charge on any atom is 0.369 e. The van der Waals surface area contributed by atoms with Gasteiger partial charge in [-0.3, -0.25) is 0 Å². The second-order valence-electron chi connectivity index (χ2n) is 16.1. The molecule has 8 heteroatoms. The highest BCUT2D eigenvalue weighted by molar-refractivity contribution is 9.69. The van der Waals surface area contributed by atoms with Crippen LogP contribution >= 0.6 is 47.3 Å². The second-order valence-corrected chi connectivity index (χ2v) is 22.6. The lowest BCUT2D eigenvalue weighted by molar-refractivity contribution is 0.394. The lowest BCUT2D eigenvalue weighted by Gasteiger charge is -2.29. The Kier molecular flexibility index (Phi) is 16.9. The molecule has 8 rings (SSSR count). The van der Waals surface area contributed by atoms with E-state index >= 15 is 0 Å². The minimum Gasteiger partial charge on any atom is -0.508 e. The van der Waals surface area contributed by atoms with Gasteiger partial charge in [-0.05, 0) is 193 Å². The summed E-state index contributed by atoms with van der Waals surface area (Å²) in [7, 11) is 3.43. The van der Waals surface area contributed by atoms with Crippen molar-refractivity contribution in [2.24, 2.45) is 0 Å². The Morgan fingerprint density at radius 2 is 0.683 bits per heavy atom. The maximum absolute atomic E-state index is 9.49. The van der Waals surface area contributed by atoms with Gasteiger partial charge in [0.15, 0.2) is 0 Å². The SMILES string of the molecule is BrB(Br)Br.COc1ccc(-c2ccc(C3CCC(c4ccc(OC)cc4)CC3)cc2C)cc1.Cc1cc(C2CCC(c3ccc(O)cc3)CC2)ccc1-c1ccc(O)cc1. The van der Waals surface area contributed by atoms with Gasteiger partial charge in [0.2, 0.25) is 0 Å². The number of phenols is 2. The molecule has 0 saturated heterocycles. The van der Waals surface area contributed by atoms with Crippen LogP contribution in [0.5, 0.6) is 23.0 Å². The summed E-state index contributed by atoms with van der Waals surface area (Å²) in [6.07, 6.45) is 9.87. The molecule has 0 unspecified atom stereocenters. The normalized spacial score (nSPS) is 18.5. The first-order chi connectivity index (χ1) is 29.0. The van der Waals surface area contributed by atoms with Gasteiger partial charge < -0.3 is 19.7 Å². The first kappa shape index (κ1) is 45.5. The van der Waals surface area contributed by atoms with Crippen molar-refractivity contribution in [1.29, 1.82) is 0 Å². The van der Waals surface area contributed by atoms with Crippen LogP contribution in [0.15, 0.2) is 133 Å². The van der Waals surface area contributed by atoms with Gasteiger partial charge in [0.1, 0.15) is 23.0 Å². The summed E-state index contributed by atoms with van der Waals surface area (Å²) in [5.74, 6) is 5.08. The number of halogens is 3. The Balaban J connectivity index is 0.000000185. The molecule has 6 aromatic rings. The van der Waals surface area contributed by atoms with E-state index in [1.165, 1.54) is 101 Å². The van der Waals surface area contributed by atoms with E-state index < -0.39 is 0 Å². The van der Waals surface area contributed by atoms with Crippen molar-refractivity contribution in [3.63, 3.8) is 0 Å². The van der Waals surface area contributed by atoms with E-state index in [1.807, 2.05) is 24.3 Å². The third-order valence-electron chi connectivity index (χ3n) is 12.4. The number of aromatic hydroxyl groups is 2. The Labute approximate surface area is 382 Å². The molecule has 0 bridgehead atoms. The van der Waals surface area contributed by atoms with Crippen LogP contribution in [0.4, 0.5) is 0 Å². The smallest absolute Gasteiger partial charge is 0.369 e. The van der Waals surface area contributed by atoms with Crippen molar-refractivity contribution in [2.45, 2.75) is 88.9 Å². The van der Waals surface area contributed by atoms with Gasteiger partial charge in [-0.15, -0.1) is 47.3 Å². The Morgan fingerprint density at radius 1 is 0.417 bits per heavy atom. The maximum atomic E-state index is 9.49. The van der Waals surface area contributed by atoms with Crippen LogP contribution < -0.4 is 9.47 Å². The van der Waals surface area contributed by atoms with Crippen LogP contribution in [0.1, 0.15) is 108 Å². The van der Waals surface area contributed by atoms with E-state index in [2.05, 4.69) is 146 Å². The lowest BCUT2D eigenvalue weighted by Crippen LogP contribution is -2.12. The fraction of sp³-hybridized carbons (Fsp3) is 0.308. The molecule has 2 saturated carbocycles. The topological polar surface area (TPSA) is 58.9 Å². The zero-order valence-electron chi connectivity index (χ0n) is 35.1. The van der Waals surface area contributed by atoms with Gasteiger partial charge in [0, 0.05) is 0 Å². The molecule has 2 N–H and O–H groups in total. The molecular formula is C52H56BBr3O4. The number of ether oxygens (including phenoxy) is 2. The van der Waals surface area contributed by atoms with Gasteiger partial charge in [0.05, 0.1) is 14.2 Å². The van der Waals surface area contributed by atoms with Crippen molar-refractivity contribution in [3.8, 4) is 45.3 Å². The average Bonchev–Trinajstić information content (AvgIpc) is 3.27. The van der Waals surface area contributed by atoms with E-state index in [0.717, 1.165) is 17.1 Å². The van der Waals surface area contributed by atoms with E-state index in [0.29, 0.717) is 35.2 Å². The Morgan fingerprint density at radius 3 is 1.02 bits per heavy atom. The van der Waals surface area contributed by atoms with E-state index in [9.17, 15) is 10.2 Å². The predicted octanol–water partition coefficient (Wildman–Crippen LogP) is 15.8. The Hall–Kier alpha value is -3.98. The van der Waals surface area contributed by atoms with Crippen LogP contribution in [-0.4, -0.2) is 27.6 Å². The number of methoxy groups -OCH3 is 2. The summed E-state index contributed by atoms with van der Waals surface area (Å²) < 4.78 is 10.8. The number of rotatable bonds is 8. The van der Waals surface area contributed by atoms with Crippen LogP contribution in [0.25, 0.3) is 22.3 Å². The highest BCUT2D eigenvalue weighted by Crippen LogP contribution is 2.43. The molecule has 0 heterocycles. The van der Waals surface area contributed by atoms with Gasteiger partial charge in [-0.2, -0.15) is 0 Å². The Bertz CT molecular complexity index is 2220. The zero-order chi connectivity index (χ0) is 42.6. The molecular weight excluding hydrogens is 939 g/mol. The molecule has 2 fully saturated rings. The number of hydrogen-bond acceptors (Lipinski definition) is 4. The van der Waals surface area contributed by atoms with Crippen molar-refractivity contribution in [1.82, 2.24) is 0 Å². The molecule has 6 aromatic carbocycles. The fourth-order valence-electron chi connectivity index (χ4n) is 9.08. The largest absolute Gasteiger partial charge is 0.508 e. The molecule has 0 spiro atoms. The third-order valence-corrected chi connectivity index (χ3v) is 12.4. The molecule has 2 aliphatic rings. The summed E-state index contributed by atoms with van der Waals surface area (Å²) in [5, 5.41) is 19.0. The summed E-state index contributed by atoms with van der Waals surface area (Å²) in [6, 6.07) is 46.0. The molecule has 0 atom stereocenters. The fourth-order valence-corrected chi connectivity index (χ4v) is 9.08. The summed E-state index contributed by atoms with van der Waals surface area (Å²) >= 11 is 9.31. The third kappa shape index (κ3) is 12.5. The summed E-state index contributed by atoms with van der Waals surface area (Å²) in [6.45, 7) is 4.40. The summed E-state index contributed by atoms with van der Waals surface area (Å²) in [5.41, 5.74) is 13.3. The highest BCUT2D eigenvalue weighted by atomic mass is 79.9. The zero-order valence-corrected chi connectivity index (χ0v) is 39.8. The second kappa shape index (κ2) is 22.2. The molecule has 312 valence electrons. The van der Waals surface area contributed by atoms with Crippen LogP contribution in [0.3, 0.4) is 0 Å². The van der Waals surface area contributed by atoms with Crippen LogP contribution in [0, 0.1) is 13.8 Å². The van der Waals surface area contributed by atoms with Crippen molar-refractivity contribution >= 4 is 50.5 Å². The molecule has 0 amide bonds. The van der Waals surface area contributed by atoms with E-state index in [1.54, 1.807) is 38.5 Å². The predicted molar refractivity (Wildman–Crippen MR) is 263 cm³/mol. The molecule has 60 heavy (non-hydrogen) atoms. The van der Waals surface area contributed by atoms with Crippen molar-refractivity contribution < 1.29 is 19.7 Å². The number of phenolic OH excluding ortho intramolecular Hbond substituents is 2. The standard InChI is InChI=1S/C27H30O2.C25H26O2.BBr3/c1-19-18-24(12-17-27(19)23-10-15-26(29-3)16-11-23)22-6-4-20(5-7-22)21-8-13-25(28-2)14-9-21;1-17-16-22(10-15-25(17)21-8-13-24(27)14-9-21)20-4-2-18(3-5-20)19-6-11-23(26)12-7-19;2-1(3)4/h8-18,20,22H,4-7H2,1-3H3;6-16,18,20,26-27H,2-5H2,1H3;. The summed E-state index contributed by atoms with van der Waals surface area (Å²) in [4.78, 5) is 0. The number of hydrogen-bond donors (Lipinski definition) is 2. The van der Waals surface area contributed by atoms with Crippen LogP contribution in [-0.2, 0) is 0 Å². The van der Waals surface area contributed by atoms with Gasteiger partial charge >= 0.3 is 3.18 Å². The number of benzene rings is 6. The monoisotopic (exact) mass is 992 g/mol. The molecule has 0 aromatic heterocycles. The molecule has 0 aliphatic heterocycles. The molecule has 2 aliphatic carbocycles. The van der Waals surface area contributed by atoms with Crippen molar-refractivity contribution in [3.05, 3.63) is 167 Å². The van der Waals surface area contributed by atoms with E-state index in [-0.39, 0.29) is 3.18 Å². The van der Waals surface area contributed by atoms with Gasteiger partial charge in [-0.25, -0.2) is 0 Å². The highest BCUT2D eigenvalue weighted by Gasteiger charge is 2.25. The quantitative estimate of drug-likeness (QED) is 0.149. The first-order valence-electron chi connectivity index (χ1n) is 21.0. The van der Waals surface area contributed by atoms with Gasteiger partial charge in [-0.1, -0.05) is 84.9 Å². The minimum absolute atomic E-state index is 0.271.